The van der Waals surface area contributed by atoms with Crippen molar-refractivity contribution in [1.82, 2.24) is 0 Å². The molecule has 33 heavy (non-hydrogen) atoms. The fraction of sp³-hybridized carbons (Fsp3) is 0.500. The van der Waals surface area contributed by atoms with E-state index in [0.29, 0.717) is 24.2 Å². The molecule has 0 saturated heterocycles. The zero-order valence-electron chi connectivity index (χ0n) is 19.9. The molecule has 2 unspecified atom stereocenters. The molecule has 1 aliphatic carbocycles. The minimum absolute atomic E-state index is 0.000174. The van der Waals surface area contributed by atoms with Crippen molar-refractivity contribution < 1.29 is 19.4 Å². The van der Waals surface area contributed by atoms with Gasteiger partial charge in [0.1, 0.15) is 12.4 Å². The van der Waals surface area contributed by atoms with E-state index < -0.39 is 5.97 Å². The third-order valence-electron chi connectivity index (χ3n) is 7.59. The Balaban J connectivity index is 1.55. The number of nitrogens with zero attached hydrogens (tertiary/aromatic N) is 1. The molecule has 5 heteroatoms. The number of carbonyl (C=O) groups excluding carboxylic acids is 1. The van der Waals surface area contributed by atoms with Crippen molar-refractivity contribution in [2.45, 2.75) is 71.4 Å². The van der Waals surface area contributed by atoms with Crippen LogP contribution >= 0.6 is 0 Å². The Hall–Kier alpha value is -2.82. The van der Waals surface area contributed by atoms with Crippen molar-refractivity contribution in [2.24, 2.45) is 17.8 Å². The second kappa shape index (κ2) is 9.98. The molecule has 4 rings (SSSR count). The largest absolute Gasteiger partial charge is 0.489 e. The minimum Gasteiger partial charge on any atom is -0.489 e. The maximum atomic E-state index is 13.6. The summed E-state index contributed by atoms with van der Waals surface area (Å²) < 4.78 is 6.00. The molecule has 1 N–H and O–H groups in total. The number of hydrogen-bond acceptors (Lipinski definition) is 3. The molecule has 2 atom stereocenters. The number of ether oxygens (including phenoxy) is 1. The highest BCUT2D eigenvalue weighted by molar-refractivity contribution is 5.98. The second-order valence-corrected chi connectivity index (χ2v) is 10.0. The van der Waals surface area contributed by atoms with Gasteiger partial charge in [-0.15, -0.1) is 0 Å². The Kier molecular flexibility index (Phi) is 7.06. The molecule has 2 aromatic carbocycles. The first-order valence-electron chi connectivity index (χ1n) is 12.2. The van der Waals surface area contributed by atoms with E-state index in [0.717, 1.165) is 42.5 Å². The normalized spacial score (nSPS) is 24.5. The summed E-state index contributed by atoms with van der Waals surface area (Å²) in [6.45, 7) is 6.95. The number of carboxylic acid groups (broad SMARTS) is 1. The number of carboxylic acids is 1. The van der Waals surface area contributed by atoms with Gasteiger partial charge in [0.2, 0.25) is 5.91 Å². The van der Waals surface area contributed by atoms with Crippen molar-refractivity contribution >= 4 is 17.6 Å². The summed E-state index contributed by atoms with van der Waals surface area (Å²) in [7, 11) is 0. The summed E-state index contributed by atoms with van der Waals surface area (Å²) in [4.78, 5) is 27.2. The number of benzene rings is 2. The number of amides is 1. The number of aliphatic carboxylic acids is 1. The SMILES string of the molecule is CC(C)C1CCC(C(=O)N2c3ccc(OCc4ccccc4)cc3C(CC(=O)O)C2C)CC1. The number of rotatable bonds is 7. The first-order valence-corrected chi connectivity index (χ1v) is 12.2. The van der Waals surface area contributed by atoms with E-state index in [2.05, 4.69) is 13.8 Å². The number of hydrogen-bond donors (Lipinski definition) is 1. The third kappa shape index (κ3) is 5.07. The van der Waals surface area contributed by atoms with Crippen LogP contribution in [0.4, 0.5) is 5.69 Å². The molecule has 1 fully saturated rings. The van der Waals surface area contributed by atoms with E-state index in [1.165, 1.54) is 0 Å². The van der Waals surface area contributed by atoms with Gasteiger partial charge in [-0.25, -0.2) is 0 Å². The first kappa shape index (κ1) is 23.3. The molecule has 2 aliphatic rings. The van der Waals surface area contributed by atoms with E-state index >= 15 is 0 Å². The van der Waals surface area contributed by atoms with Crippen LogP contribution in [0.3, 0.4) is 0 Å². The van der Waals surface area contributed by atoms with Crippen molar-refractivity contribution in [3.05, 3.63) is 59.7 Å². The average molecular weight is 450 g/mol. The third-order valence-corrected chi connectivity index (χ3v) is 7.59. The molecule has 2 aromatic rings. The van der Waals surface area contributed by atoms with Crippen LogP contribution in [-0.2, 0) is 16.2 Å². The number of fused-ring (bicyclic) bond motifs is 1. The van der Waals surface area contributed by atoms with E-state index in [-0.39, 0.29) is 30.2 Å². The molecule has 5 nitrogen and oxygen atoms in total. The Bertz CT molecular complexity index is 979. The Morgan fingerprint density at radius 3 is 2.39 bits per heavy atom. The Morgan fingerprint density at radius 1 is 1.06 bits per heavy atom. The first-order chi connectivity index (χ1) is 15.8. The molecular weight excluding hydrogens is 414 g/mol. The van der Waals surface area contributed by atoms with Crippen molar-refractivity contribution in [2.75, 3.05) is 4.90 Å². The van der Waals surface area contributed by atoms with Crippen molar-refractivity contribution in [3.63, 3.8) is 0 Å². The van der Waals surface area contributed by atoms with Crippen LogP contribution in [0.15, 0.2) is 48.5 Å². The summed E-state index contributed by atoms with van der Waals surface area (Å²) in [5, 5.41) is 9.56. The van der Waals surface area contributed by atoms with Gasteiger partial charge in [0.25, 0.3) is 0 Å². The van der Waals surface area contributed by atoms with E-state index in [4.69, 9.17) is 4.74 Å². The molecule has 0 spiro atoms. The van der Waals surface area contributed by atoms with Crippen LogP contribution in [0.25, 0.3) is 0 Å². The van der Waals surface area contributed by atoms with Gasteiger partial charge < -0.3 is 14.7 Å². The maximum Gasteiger partial charge on any atom is 0.304 e. The van der Waals surface area contributed by atoms with Crippen LogP contribution in [0, 0.1) is 17.8 Å². The van der Waals surface area contributed by atoms with E-state index in [9.17, 15) is 14.7 Å². The van der Waals surface area contributed by atoms with Gasteiger partial charge in [-0.1, -0.05) is 44.2 Å². The molecule has 0 radical (unpaired) electrons. The van der Waals surface area contributed by atoms with Gasteiger partial charge in [0.15, 0.2) is 0 Å². The average Bonchev–Trinajstić information content (AvgIpc) is 3.08. The predicted molar refractivity (Wildman–Crippen MR) is 129 cm³/mol. The van der Waals surface area contributed by atoms with Gasteiger partial charge in [-0.3, -0.25) is 9.59 Å². The highest BCUT2D eigenvalue weighted by atomic mass is 16.5. The van der Waals surface area contributed by atoms with Gasteiger partial charge >= 0.3 is 5.97 Å². The molecule has 1 amide bonds. The topological polar surface area (TPSA) is 66.8 Å². The minimum atomic E-state index is -0.847. The highest BCUT2D eigenvalue weighted by Gasteiger charge is 2.42. The number of anilines is 1. The fourth-order valence-corrected chi connectivity index (χ4v) is 5.56. The smallest absolute Gasteiger partial charge is 0.304 e. The molecule has 176 valence electrons. The van der Waals surface area contributed by atoms with Crippen LogP contribution in [0.5, 0.6) is 5.75 Å². The molecule has 1 saturated carbocycles. The molecule has 0 bridgehead atoms. The lowest BCUT2D eigenvalue weighted by Crippen LogP contribution is -2.42. The Morgan fingerprint density at radius 2 is 1.76 bits per heavy atom. The van der Waals surface area contributed by atoms with Gasteiger partial charge in [-0.2, -0.15) is 0 Å². The lowest BCUT2D eigenvalue weighted by Gasteiger charge is -2.34. The van der Waals surface area contributed by atoms with Crippen LogP contribution < -0.4 is 9.64 Å². The van der Waals surface area contributed by atoms with Gasteiger partial charge in [-0.05, 0) is 73.8 Å². The van der Waals surface area contributed by atoms with Gasteiger partial charge in [0.05, 0.1) is 6.42 Å². The maximum absolute atomic E-state index is 13.6. The summed E-state index contributed by atoms with van der Waals surface area (Å²) in [5.74, 6) is 1.13. The number of carbonyl (C=O) groups is 2. The lowest BCUT2D eigenvalue weighted by molar-refractivity contribution is -0.137. The highest BCUT2D eigenvalue weighted by Crippen LogP contribution is 2.46. The standard InChI is InChI=1S/C28H35NO4/c1-18(2)21-9-11-22(12-10-21)28(32)29-19(3)24(16-27(30)31)25-15-23(13-14-26(25)29)33-17-20-7-5-4-6-8-20/h4-8,13-15,18-19,21-22,24H,9-12,16-17H2,1-3H3,(H,30,31). The van der Waals surface area contributed by atoms with Gasteiger partial charge in [0, 0.05) is 23.6 Å². The van der Waals surface area contributed by atoms with E-state index in [1.54, 1.807) is 0 Å². The van der Waals surface area contributed by atoms with Crippen molar-refractivity contribution in [3.8, 4) is 5.75 Å². The molecule has 1 heterocycles. The summed E-state index contributed by atoms with van der Waals surface area (Å²) >= 11 is 0. The lowest BCUT2D eigenvalue weighted by atomic mass is 9.76. The summed E-state index contributed by atoms with van der Waals surface area (Å²) in [6.07, 6.45) is 4.02. The molecular formula is C28H35NO4. The summed E-state index contributed by atoms with van der Waals surface area (Å²) in [6, 6.07) is 15.5. The van der Waals surface area contributed by atoms with Crippen LogP contribution in [0.2, 0.25) is 0 Å². The van der Waals surface area contributed by atoms with Crippen LogP contribution in [0.1, 0.15) is 69.9 Å². The van der Waals surface area contributed by atoms with Crippen molar-refractivity contribution in [1.29, 1.82) is 0 Å². The summed E-state index contributed by atoms with van der Waals surface area (Å²) in [5.41, 5.74) is 2.82. The zero-order valence-corrected chi connectivity index (χ0v) is 19.9. The predicted octanol–water partition coefficient (Wildman–Crippen LogP) is 6.02. The molecule has 0 aromatic heterocycles. The quantitative estimate of drug-likeness (QED) is 0.561. The molecule has 1 aliphatic heterocycles. The fourth-order valence-electron chi connectivity index (χ4n) is 5.56. The second-order valence-electron chi connectivity index (χ2n) is 10.0. The monoisotopic (exact) mass is 449 g/mol. The van der Waals surface area contributed by atoms with E-state index in [1.807, 2.05) is 60.4 Å². The Labute approximate surface area is 196 Å². The van der Waals surface area contributed by atoms with Crippen LogP contribution in [-0.4, -0.2) is 23.0 Å². The zero-order chi connectivity index (χ0) is 23.5.